The van der Waals surface area contributed by atoms with Gasteiger partial charge in [-0.15, -0.1) is 0 Å². The van der Waals surface area contributed by atoms with Gasteiger partial charge in [0.05, 0.1) is 5.57 Å². The molecule has 3 N–H and O–H groups in total. The van der Waals surface area contributed by atoms with Crippen molar-refractivity contribution >= 4 is 17.9 Å². The van der Waals surface area contributed by atoms with E-state index in [4.69, 9.17) is 20.1 Å². The second-order valence-corrected chi connectivity index (χ2v) is 3.38. The number of aliphatic carboxylic acids is 3. The van der Waals surface area contributed by atoms with Crippen molar-refractivity contribution in [2.75, 3.05) is 7.11 Å². The van der Waals surface area contributed by atoms with Crippen LogP contribution in [0, 0.1) is 5.92 Å². The Morgan fingerprint density at radius 3 is 2.24 bits per heavy atom. The van der Waals surface area contributed by atoms with Crippen molar-refractivity contribution < 1.29 is 34.4 Å². The van der Waals surface area contributed by atoms with Crippen LogP contribution in [0.3, 0.4) is 0 Å². The third kappa shape index (κ3) is 2.04. The zero-order valence-corrected chi connectivity index (χ0v) is 8.78. The van der Waals surface area contributed by atoms with Crippen molar-refractivity contribution in [2.24, 2.45) is 5.92 Å². The standard InChI is InChI=1S/C10H10O7/c1-17-10(9(15)16)4-5(7(11)12)2-3-6(10)8(13)14/h2-4,6H,1H3,(H,11,12)(H,13,14)(H,15,16). The maximum absolute atomic E-state index is 11.1. The summed E-state index contributed by atoms with van der Waals surface area (Å²) in [5.74, 6) is -5.80. The number of ether oxygens (including phenoxy) is 1. The van der Waals surface area contributed by atoms with Gasteiger partial charge in [0.25, 0.3) is 0 Å². The van der Waals surface area contributed by atoms with E-state index in [9.17, 15) is 14.4 Å². The molecule has 0 saturated carbocycles. The first-order valence-electron chi connectivity index (χ1n) is 4.51. The molecule has 2 atom stereocenters. The molecule has 2 unspecified atom stereocenters. The van der Waals surface area contributed by atoms with Crippen molar-refractivity contribution in [3.8, 4) is 0 Å². The van der Waals surface area contributed by atoms with Crippen molar-refractivity contribution in [1.29, 1.82) is 0 Å². The summed E-state index contributed by atoms with van der Waals surface area (Å²) in [5.41, 5.74) is -2.53. The minimum absolute atomic E-state index is 0.327. The van der Waals surface area contributed by atoms with Gasteiger partial charge in [0.2, 0.25) is 5.60 Å². The molecule has 0 amide bonds. The Hall–Kier alpha value is -2.15. The molecule has 0 aromatic rings. The summed E-state index contributed by atoms with van der Waals surface area (Å²) in [6.45, 7) is 0. The van der Waals surface area contributed by atoms with E-state index in [1.807, 2.05) is 0 Å². The smallest absolute Gasteiger partial charge is 0.341 e. The van der Waals surface area contributed by atoms with Gasteiger partial charge in [-0.05, 0) is 6.08 Å². The Kier molecular flexibility index (Phi) is 3.33. The van der Waals surface area contributed by atoms with Crippen molar-refractivity contribution in [3.05, 3.63) is 23.8 Å². The molecular weight excluding hydrogens is 232 g/mol. The highest BCUT2D eigenvalue weighted by Gasteiger charge is 2.49. The fraction of sp³-hybridized carbons (Fsp3) is 0.300. The third-order valence-electron chi connectivity index (χ3n) is 2.49. The van der Waals surface area contributed by atoms with E-state index < -0.39 is 29.4 Å². The van der Waals surface area contributed by atoms with E-state index in [1.165, 1.54) is 0 Å². The average Bonchev–Trinajstić information content (AvgIpc) is 2.27. The highest BCUT2D eigenvalue weighted by Crippen LogP contribution is 2.31. The van der Waals surface area contributed by atoms with Gasteiger partial charge in [-0.3, -0.25) is 4.79 Å². The summed E-state index contributed by atoms with van der Waals surface area (Å²) < 4.78 is 4.72. The fourth-order valence-electron chi connectivity index (χ4n) is 1.58. The van der Waals surface area contributed by atoms with E-state index >= 15 is 0 Å². The fourth-order valence-corrected chi connectivity index (χ4v) is 1.58. The Balaban J connectivity index is 3.35. The molecule has 92 valence electrons. The molecule has 1 rings (SSSR count). The van der Waals surface area contributed by atoms with E-state index in [1.54, 1.807) is 0 Å². The number of carboxylic acids is 3. The molecule has 0 heterocycles. The predicted molar refractivity (Wildman–Crippen MR) is 53.4 cm³/mol. The number of rotatable bonds is 4. The van der Waals surface area contributed by atoms with E-state index in [-0.39, 0.29) is 5.57 Å². The Labute approximate surface area is 95.6 Å². The predicted octanol–water partition coefficient (Wildman–Crippen LogP) is -0.262. The summed E-state index contributed by atoms with van der Waals surface area (Å²) >= 11 is 0. The van der Waals surface area contributed by atoms with Crippen LogP contribution in [-0.2, 0) is 19.1 Å². The second kappa shape index (κ2) is 4.38. The first-order chi connectivity index (χ1) is 7.85. The molecule has 0 spiro atoms. The molecule has 1 aliphatic rings. The van der Waals surface area contributed by atoms with Crippen LogP contribution < -0.4 is 0 Å². The molecule has 7 nitrogen and oxygen atoms in total. The normalized spacial score (nSPS) is 27.4. The van der Waals surface area contributed by atoms with Crippen molar-refractivity contribution in [3.63, 3.8) is 0 Å². The van der Waals surface area contributed by atoms with Gasteiger partial charge in [0.1, 0.15) is 5.92 Å². The Bertz CT molecular complexity index is 434. The lowest BCUT2D eigenvalue weighted by molar-refractivity contribution is -0.169. The Morgan fingerprint density at radius 1 is 1.29 bits per heavy atom. The summed E-state index contributed by atoms with van der Waals surface area (Å²) in [5, 5.41) is 26.7. The summed E-state index contributed by atoms with van der Waals surface area (Å²) in [6, 6.07) is 0. The minimum atomic E-state index is -2.20. The summed E-state index contributed by atoms with van der Waals surface area (Å²) in [6.07, 6.45) is 2.82. The highest BCUT2D eigenvalue weighted by atomic mass is 16.5. The monoisotopic (exact) mass is 242 g/mol. The summed E-state index contributed by atoms with van der Waals surface area (Å²) in [4.78, 5) is 32.8. The van der Waals surface area contributed by atoms with Crippen LogP contribution in [0.15, 0.2) is 23.8 Å². The molecule has 1 aliphatic carbocycles. The maximum atomic E-state index is 11.1. The molecule has 7 heteroatoms. The van der Waals surface area contributed by atoms with Crippen LogP contribution in [0.25, 0.3) is 0 Å². The van der Waals surface area contributed by atoms with E-state index in [2.05, 4.69) is 0 Å². The first-order valence-corrected chi connectivity index (χ1v) is 4.51. The largest absolute Gasteiger partial charge is 0.481 e. The second-order valence-electron chi connectivity index (χ2n) is 3.38. The van der Waals surface area contributed by atoms with Crippen LogP contribution in [0.5, 0.6) is 0 Å². The lowest BCUT2D eigenvalue weighted by atomic mass is 9.81. The molecule has 0 bridgehead atoms. The lowest BCUT2D eigenvalue weighted by Crippen LogP contribution is -2.50. The number of hydrogen-bond acceptors (Lipinski definition) is 4. The zero-order valence-electron chi connectivity index (χ0n) is 8.78. The molecule has 0 aliphatic heterocycles. The van der Waals surface area contributed by atoms with Crippen LogP contribution in [0.4, 0.5) is 0 Å². The molecule has 17 heavy (non-hydrogen) atoms. The number of methoxy groups -OCH3 is 1. The Morgan fingerprint density at radius 2 is 1.88 bits per heavy atom. The SMILES string of the molecule is COC1(C(=O)O)C=C(C(=O)O)C=CC1C(=O)O. The van der Waals surface area contributed by atoms with Gasteiger partial charge in [-0.2, -0.15) is 0 Å². The average molecular weight is 242 g/mol. The summed E-state index contributed by atoms with van der Waals surface area (Å²) in [7, 11) is 1.01. The van der Waals surface area contributed by atoms with Gasteiger partial charge in [0.15, 0.2) is 0 Å². The van der Waals surface area contributed by atoms with Crippen molar-refractivity contribution in [1.82, 2.24) is 0 Å². The van der Waals surface area contributed by atoms with Gasteiger partial charge in [-0.25, -0.2) is 9.59 Å². The van der Waals surface area contributed by atoms with Gasteiger partial charge < -0.3 is 20.1 Å². The quantitative estimate of drug-likeness (QED) is 0.620. The van der Waals surface area contributed by atoms with E-state index in [0.29, 0.717) is 0 Å². The van der Waals surface area contributed by atoms with Crippen molar-refractivity contribution in [2.45, 2.75) is 5.60 Å². The molecule has 0 fully saturated rings. The zero-order chi connectivity index (χ0) is 13.2. The molecular formula is C10H10O7. The highest BCUT2D eigenvalue weighted by molar-refractivity contribution is 5.96. The van der Waals surface area contributed by atoms with Crippen LogP contribution in [-0.4, -0.2) is 45.9 Å². The van der Waals surface area contributed by atoms with Gasteiger partial charge in [-0.1, -0.05) is 12.2 Å². The van der Waals surface area contributed by atoms with Crippen LogP contribution in [0.1, 0.15) is 0 Å². The molecule has 0 saturated heterocycles. The van der Waals surface area contributed by atoms with Gasteiger partial charge in [0, 0.05) is 7.11 Å². The number of carbonyl (C=O) groups is 3. The molecule has 0 radical (unpaired) electrons. The van der Waals surface area contributed by atoms with Crippen LogP contribution in [0.2, 0.25) is 0 Å². The molecule has 0 aromatic carbocycles. The van der Waals surface area contributed by atoms with E-state index in [0.717, 1.165) is 25.3 Å². The lowest BCUT2D eigenvalue weighted by Gasteiger charge is -2.31. The number of hydrogen-bond donors (Lipinski definition) is 3. The topological polar surface area (TPSA) is 121 Å². The molecule has 0 aromatic heterocycles. The van der Waals surface area contributed by atoms with Gasteiger partial charge >= 0.3 is 17.9 Å². The maximum Gasteiger partial charge on any atom is 0.341 e. The number of carboxylic acid groups (broad SMARTS) is 3. The first kappa shape index (κ1) is 12.9. The third-order valence-corrected chi connectivity index (χ3v) is 2.49. The van der Waals surface area contributed by atoms with Crippen LogP contribution >= 0.6 is 0 Å². The minimum Gasteiger partial charge on any atom is -0.481 e.